The minimum absolute atomic E-state index is 0.0694. The molecule has 0 saturated heterocycles. The maximum absolute atomic E-state index is 11.7. The Labute approximate surface area is 137 Å². The topological polar surface area (TPSA) is 41.1 Å². The SMILES string of the molecule is CNC(=O)c1ccc(Cl)c(NC(C)c2cccc(Br)c2)c1. The van der Waals surface area contributed by atoms with E-state index in [0.717, 1.165) is 15.7 Å². The van der Waals surface area contributed by atoms with Crippen molar-refractivity contribution in [2.75, 3.05) is 12.4 Å². The van der Waals surface area contributed by atoms with E-state index in [2.05, 4.69) is 26.6 Å². The lowest BCUT2D eigenvalue weighted by atomic mass is 10.1. The molecule has 2 aromatic carbocycles. The van der Waals surface area contributed by atoms with Gasteiger partial charge in [-0.2, -0.15) is 0 Å². The molecule has 1 amide bonds. The lowest BCUT2D eigenvalue weighted by Crippen LogP contribution is -2.18. The number of amides is 1. The first-order valence-electron chi connectivity index (χ1n) is 6.55. The molecule has 1 unspecified atom stereocenters. The molecule has 0 saturated carbocycles. The first-order valence-corrected chi connectivity index (χ1v) is 7.72. The van der Waals surface area contributed by atoms with E-state index in [0.29, 0.717) is 10.6 Å². The number of carbonyl (C=O) groups is 1. The summed E-state index contributed by atoms with van der Waals surface area (Å²) >= 11 is 9.67. The molecule has 2 aromatic rings. The fourth-order valence-corrected chi connectivity index (χ4v) is 2.60. The highest BCUT2D eigenvalue weighted by Crippen LogP contribution is 2.28. The van der Waals surface area contributed by atoms with Gasteiger partial charge in [0.2, 0.25) is 0 Å². The summed E-state index contributed by atoms with van der Waals surface area (Å²) < 4.78 is 1.03. The summed E-state index contributed by atoms with van der Waals surface area (Å²) in [5, 5.41) is 6.53. The minimum atomic E-state index is -0.134. The number of anilines is 1. The Hall–Kier alpha value is -1.52. The largest absolute Gasteiger partial charge is 0.377 e. The third-order valence-corrected chi connectivity index (χ3v) is 4.00. The van der Waals surface area contributed by atoms with E-state index in [1.807, 2.05) is 31.2 Å². The second-order valence-corrected chi connectivity index (χ2v) is 6.02. The Morgan fingerprint density at radius 3 is 2.67 bits per heavy atom. The van der Waals surface area contributed by atoms with Crippen molar-refractivity contribution in [1.29, 1.82) is 0 Å². The third-order valence-electron chi connectivity index (χ3n) is 3.18. The van der Waals surface area contributed by atoms with E-state index in [-0.39, 0.29) is 11.9 Å². The van der Waals surface area contributed by atoms with Gasteiger partial charge in [0.25, 0.3) is 5.91 Å². The highest BCUT2D eigenvalue weighted by Gasteiger charge is 2.11. The number of carbonyl (C=O) groups excluding carboxylic acids is 1. The van der Waals surface area contributed by atoms with Gasteiger partial charge in [-0.15, -0.1) is 0 Å². The van der Waals surface area contributed by atoms with Crippen molar-refractivity contribution >= 4 is 39.1 Å². The first kappa shape index (κ1) is 15.9. The summed E-state index contributed by atoms with van der Waals surface area (Å²) in [5.74, 6) is -0.134. The van der Waals surface area contributed by atoms with Crippen molar-refractivity contribution in [1.82, 2.24) is 5.32 Å². The Bertz CT molecular complexity index is 660. The van der Waals surface area contributed by atoms with Crippen molar-refractivity contribution < 1.29 is 4.79 Å². The summed E-state index contributed by atoms with van der Waals surface area (Å²) in [6.45, 7) is 2.05. The second kappa shape index (κ2) is 6.96. The molecule has 0 aromatic heterocycles. The van der Waals surface area contributed by atoms with Crippen LogP contribution in [-0.4, -0.2) is 13.0 Å². The summed E-state index contributed by atoms with van der Waals surface area (Å²) in [6.07, 6.45) is 0. The van der Waals surface area contributed by atoms with Gasteiger partial charge in [-0.05, 0) is 42.8 Å². The fraction of sp³-hybridized carbons (Fsp3) is 0.188. The van der Waals surface area contributed by atoms with Gasteiger partial charge in [0.15, 0.2) is 0 Å². The van der Waals surface area contributed by atoms with E-state index in [9.17, 15) is 4.79 Å². The van der Waals surface area contributed by atoms with Gasteiger partial charge in [-0.3, -0.25) is 4.79 Å². The van der Waals surface area contributed by atoms with Gasteiger partial charge >= 0.3 is 0 Å². The summed E-state index contributed by atoms with van der Waals surface area (Å²) in [7, 11) is 1.61. The highest BCUT2D eigenvalue weighted by atomic mass is 79.9. The highest BCUT2D eigenvalue weighted by molar-refractivity contribution is 9.10. The summed E-state index contributed by atoms with van der Waals surface area (Å²) in [6, 6.07) is 13.3. The number of benzene rings is 2. The van der Waals surface area contributed by atoms with E-state index in [1.54, 1.807) is 25.2 Å². The zero-order valence-electron chi connectivity index (χ0n) is 11.8. The minimum Gasteiger partial charge on any atom is -0.377 e. The monoisotopic (exact) mass is 366 g/mol. The summed E-state index contributed by atoms with van der Waals surface area (Å²) in [5.41, 5.74) is 2.45. The van der Waals surface area contributed by atoms with Crippen molar-refractivity contribution in [2.45, 2.75) is 13.0 Å². The average Bonchev–Trinajstić information content (AvgIpc) is 2.48. The van der Waals surface area contributed by atoms with Crippen LogP contribution in [0.2, 0.25) is 5.02 Å². The Balaban J connectivity index is 2.24. The molecule has 0 aliphatic carbocycles. The third kappa shape index (κ3) is 3.99. The van der Waals surface area contributed by atoms with E-state index in [4.69, 9.17) is 11.6 Å². The Morgan fingerprint density at radius 1 is 1.24 bits per heavy atom. The predicted molar refractivity (Wildman–Crippen MR) is 91.0 cm³/mol. The van der Waals surface area contributed by atoms with Gasteiger partial charge in [-0.1, -0.05) is 39.7 Å². The molecule has 0 fully saturated rings. The molecule has 0 bridgehead atoms. The molecular formula is C16H16BrClN2O. The quantitative estimate of drug-likeness (QED) is 0.827. The lowest BCUT2D eigenvalue weighted by Gasteiger charge is -2.17. The number of rotatable bonds is 4. The Kier molecular flexibility index (Phi) is 5.26. The van der Waals surface area contributed by atoms with Crippen molar-refractivity contribution in [3.8, 4) is 0 Å². The Morgan fingerprint density at radius 2 is 2.00 bits per heavy atom. The van der Waals surface area contributed by atoms with E-state index in [1.165, 1.54) is 0 Å². The number of hydrogen-bond donors (Lipinski definition) is 2. The van der Waals surface area contributed by atoms with Crippen LogP contribution in [0, 0.1) is 0 Å². The molecule has 1 atom stereocenters. The normalized spacial score (nSPS) is 11.8. The van der Waals surface area contributed by atoms with Crippen LogP contribution in [0.4, 0.5) is 5.69 Å². The molecule has 2 rings (SSSR count). The van der Waals surface area contributed by atoms with Crippen molar-refractivity contribution in [3.63, 3.8) is 0 Å². The van der Waals surface area contributed by atoms with Crippen LogP contribution in [0.1, 0.15) is 28.9 Å². The number of hydrogen-bond acceptors (Lipinski definition) is 2. The fourth-order valence-electron chi connectivity index (χ4n) is 2.01. The van der Waals surface area contributed by atoms with Crippen LogP contribution in [0.5, 0.6) is 0 Å². The zero-order chi connectivity index (χ0) is 15.4. The summed E-state index contributed by atoms with van der Waals surface area (Å²) in [4.78, 5) is 11.7. The molecule has 21 heavy (non-hydrogen) atoms. The molecule has 0 aliphatic rings. The van der Waals surface area contributed by atoms with Gasteiger partial charge in [0.05, 0.1) is 10.7 Å². The van der Waals surface area contributed by atoms with Crippen LogP contribution in [-0.2, 0) is 0 Å². The number of halogens is 2. The maximum Gasteiger partial charge on any atom is 0.251 e. The molecule has 2 N–H and O–H groups in total. The standard InChI is InChI=1S/C16H16BrClN2O/c1-10(11-4-3-5-13(17)8-11)20-15-9-12(16(21)19-2)6-7-14(15)18/h3-10,20H,1-2H3,(H,19,21). The molecule has 0 radical (unpaired) electrons. The van der Waals surface area contributed by atoms with E-state index < -0.39 is 0 Å². The first-order chi connectivity index (χ1) is 10.0. The molecule has 0 heterocycles. The maximum atomic E-state index is 11.7. The molecule has 5 heteroatoms. The zero-order valence-corrected chi connectivity index (χ0v) is 14.1. The predicted octanol–water partition coefficient (Wildman–Crippen LogP) is 4.64. The smallest absolute Gasteiger partial charge is 0.251 e. The lowest BCUT2D eigenvalue weighted by molar-refractivity contribution is 0.0963. The molecule has 0 aliphatic heterocycles. The van der Waals surface area contributed by atoms with Crippen molar-refractivity contribution in [3.05, 3.63) is 63.1 Å². The molecule has 3 nitrogen and oxygen atoms in total. The van der Waals surface area contributed by atoms with Gasteiger partial charge < -0.3 is 10.6 Å². The van der Waals surface area contributed by atoms with Crippen LogP contribution in [0.15, 0.2) is 46.9 Å². The number of nitrogens with one attached hydrogen (secondary N) is 2. The van der Waals surface area contributed by atoms with Crippen LogP contribution in [0.25, 0.3) is 0 Å². The van der Waals surface area contributed by atoms with Crippen LogP contribution >= 0.6 is 27.5 Å². The molecule has 110 valence electrons. The molecular weight excluding hydrogens is 352 g/mol. The van der Waals surface area contributed by atoms with Crippen LogP contribution < -0.4 is 10.6 Å². The average molecular weight is 368 g/mol. The second-order valence-electron chi connectivity index (χ2n) is 4.69. The van der Waals surface area contributed by atoms with Crippen LogP contribution in [0.3, 0.4) is 0 Å². The van der Waals surface area contributed by atoms with Gasteiger partial charge in [0.1, 0.15) is 0 Å². The van der Waals surface area contributed by atoms with Gasteiger partial charge in [0, 0.05) is 23.1 Å². The van der Waals surface area contributed by atoms with Gasteiger partial charge in [-0.25, -0.2) is 0 Å². The van der Waals surface area contributed by atoms with Crippen molar-refractivity contribution in [2.24, 2.45) is 0 Å². The van der Waals surface area contributed by atoms with E-state index >= 15 is 0 Å². The molecule has 0 spiro atoms.